The predicted octanol–water partition coefficient (Wildman–Crippen LogP) is 3.76. The van der Waals surface area contributed by atoms with Gasteiger partial charge in [0.2, 0.25) is 0 Å². The summed E-state index contributed by atoms with van der Waals surface area (Å²) in [7, 11) is 0. The summed E-state index contributed by atoms with van der Waals surface area (Å²) in [4.78, 5) is 2.23. The lowest BCUT2D eigenvalue weighted by Crippen LogP contribution is -2.26. The van der Waals surface area contributed by atoms with Crippen molar-refractivity contribution in [2.45, 2.75) is 38.6 Å². The van der Waals surface area contributed by atoms with Crippen molar-refractivity contribution in [3.63, 3.8) is 0 Å². The molecule has 1 saturated heterocycles. The zero-order chi connectivity index (χ0) is 10.7. The lowest BCUT2D eigenvalue weighted by molar-refractivity contribution is 0.598. The van der Waals surface area contributed by atoms with E-state index < -0.39 is 0 Å². The lowest BCUT2D eigenvalue weighted by Gasteiger charge is -2.26. The molecule has 1 heterocycles. The van der Waals surface area contributed by atoms with Crippen LogP contribution in [0.5, 0.6) is 0 Å². The molecule has 1 aliphatic rings. The highest BCUT2D eigenvalue weighted by Gasteiger charge is 2.24. The number of rotatable bonds is 3. The Hall–Kier alpha value is -1.05. The Morgan fingerprint density at radius 2 is 2.33 bits per heavy atom. The standard InChI is InChI=1S/C13H17FN/c1-2-5-12-8-4-9-15(12)13-7-3-6-11(14)10-13/h3,6-7,9-10,12H,2,4-5,8H2,1H3/t12-/m1/s1. The van der Waals surface area contributed by atoms with Crippen LogP contribution in [0.4, 0.5) is 10.1 Å². The van der Waals surface area contributed by atoms with Gasteiger partial charge in [-0.1, -0.05) is 19.4 Å². The molecule has 2 rings (SSSR count). The van der Waals surface area contributed by atoms with Crippen molar-refractivity contribution >= 4 is 5.69 Å². The van der Waals surface area contributed by atoms with Gasteiger partial charge in [0, 0.05) is 18.3 Å². The SMILES string of the molecule is CCC[C@@H]1CC[CH]N1c1cccc(F)c1. The maximum Gasteiger partial charge on any atom is 0.125 e. The summed E-state index contributed by atoms with van der Waals surface area (Å²) >= 11 is 0. The largest absolute Gasteiger partial charge is 0.363 e. The third kappa shape index (κ3) is 2.31. The lowest BCUT2D eigenvalue weighted by atomic mass is 10.1. The minimum atomic E-state index is -0.150. The second-order valence-corrected chi connectivity index (χ2v) is 4.09. The smallest absolute Gasteiger partial charge is 0.125 e. The van der Waals surface area contributed by atoms with E-state index >= 15 is 0 Å². The minimum Gasteiger partial charge on any atom is -0.363 e. The molecule has 0 amide bonds. The topological polar surface area (TPSA) is 3.24 Å². The first-order valence-corrected chi connectivity index (χ1v) is 5.68. The van der Waals surface area contributed by atoms with Gasteiger partial charge in [-0.2, -0.15) is 0 Å². The van der Waals surface area contributed by atoms with Crippen molar-refractivity contribution in [2.24, 2.45) is 0 Å². The fraction of sp³-hybridized carbons (Fsp3) is 0.462. The average Bonchev–Trinajstić information content (AvgIpc) is 2.66. The van der Waals surface area contributed by atoms with Crippen molar-refractivity contribution < 1.29 is 4.39 Å². The number of halogens is 1. The van der Waals surface area contributed by atoms with E-state index in [-0.39, 0.29) is 5.82 Å². The zero-order valence-electron chi connectivity index (χ0n) is 9.12. The highest BCUT2D eigenvalue weighted by molar-refractivity contribution is 5.50. The van der Waals surface area contributed by atoms with E-state index in [0.717, 1.165) is 12.1 Å². The minimum absolute atomic E-state index is 0.150. The highest BCUT2D eigenvalue weighted by atomic mass is 19.1. The van der Waals surface area contributed by atoms with Crippen LogP contribution in [0.2, 0.25) is 0 Å². The predicted molar refractivity (Wildman–Crippen MR) is 61.1 cm³/mol. The molecule has 2 heteroatoms. The summed E-state index contributed by atoms with van der Waals surface area (Å²) in [5.74, 6) is -0.150. The Kier molecular flexibility index (Phi) is 3.24. The van der Waals surface area contributed by atoms with Gasteiger partial charge in [-0.25, -0.2) is 4.39 Å². The van der Waals surface area contributed by atoms with E-state index in [2.05, 4.69) is 18.4 Å². The maximum absolute atomic E-state index is 13.1. The molecule has 0 bridgehead atoms. The molecule has 1 aliphatic heterocycles. The first-order chi connectivity index (χ1) is 7.31. The van der Waals surface area contributed by atoms with E-state index in [1.54, 1.807) is 12.1 Å². The van der Waals surface area contributed by atoms with Gasteiger partial charge in [0.25, 0.3) is 0 Å². The number of hydrogen-bond acceptors (Lipinski definition) is 1. The summed E-state index contributed by atoms with van der Waals surface area (Å²) in [6.07, 6.45) is 4.68. The maximum atomic E-state index is 13.1. The fourth-order valence-electron chi connectivity index (χ4n) is 2.26. The Morgan fingerprint density at radius 1 is 1.47 bits per heavy atom. The first-order valence-electron chi connectivity index (χ1n) is 5.68. The normalized spacial score (nSPS) is 20.9. The fourth-order valence-corrected chi connectivity index (χ4v) is 2.26. The molecule has 0 aromatic heterocycles. The van der Waals surface area contributed by atoms with E-state index in [1.807, 2.05) is 6.07 Å². The van der Waals surface area contributed by atoms with Crippen molar-refractivity contribution in [3.8, 4) is 0 Å². The average molecular weight is 206 g/mol. The number of anilines is 1. The Labute approximate surface area is 90.9 Å². The van der Waals surface area contributed by atoms with Crippen LogP contribution in [0.1, 0.15) is 32.6 Å². The Bertz CT molecular complexity index is 324. The van der Waals surface area contributed by atoms with Crippen LogP contribution in [0, 0.1) is 12.4 Å². The van der Waals surface area contributed by atoms with Crippen molar-refractivity contribution in [1.29, 1.82) is 0 Å². The Balaban J connectivity index is 2.15. The van der Waals surface area contributed by atoms with Gasteiger partial charge < -0.3 is 4.90 Å². The van der Waals surface area contributed by atoms with E-state index in [9.17, 15) is 4.39 Å². The number of hydrogen-bond donors (Lipinski definition) is 0. The number of benzene rings is 1. The summed E-state index contributed by atoms with van der Waals surface area (Å²) < 4.78 is 13.1. The van der Waals surface area contributed by atoms with Crippen molar-refractivity contribution in [1.82, 2.24) is 0 Å². The molecule has 15 heavy (non-hydrogen) atoms. The van der Waals surface area contributed by atoms with Crippen LogP contribution in [0.3, 0.4) is 0 Å². The third-order valence-corrected chi connectivity index (χ3v) is 2.95. The van der Waals surface area contributed by atoms with Crippen LogP contribution in [-0.2, 0) is 0 Å². The molecule has 0 saturated carbocycles. The van der Waals surface area contributed by atoms with E-state index in [1.165, 1.54) is 25.3 Å². The van der Waals surface area contributed by atoms with Crippen molar-refractivity contribution in [3.05, 3.63) is 36.6 Å². The van der Waals surface area contributed by atoms with Gasteiger partial charge >= 0.3 is 0 Å². The van der Waals surface area contributed by atoms with Crippen LogP contribution in [0.25, 0.3) is 0 Å². The van der Waals surface area contributed by atoms with Gasteiger partial charge in [-0.05, 0) is 37.5 Å². The molecular weight excluding hydrogens is 189 g/mol. The van der Waals surface area contributed by atoms with Gasteiger partial charge in [-0.3, -0.25) is 0 Å². The molecule has 1 aromatic carbocycles. The zero-order valence-corrected chi connectivity index (χ0v) is 9.12. The summed E-state index contributed by atoms with van der Waals surface area (Å²) in [6.45, 7) is 4.39. The molecule has 81 valence electrons. The monoisotopic (exact) mass is 206 g/mol. The van der Waals surface area contributed by atoms with Crippen LogP contribution in [0.15, 0.2) is 24.3 Å². The van der Waals surface area contributed by atoms with Gasteiger partial charge in [0.1, 0.15) is 5.82 Å². The second kappa shape index (κ2) is 4.65. The van der Waals surface area contributed by atoms with E-state index in [4.69, 9.17) is 0 Å². The number of nitrogens with zero attached hydrogens (tertiary/aromatic N) is 1. The first kappa shape index (κ1) is 10.5. The molecule has 1 fully saturated rings. The van der Waals surface area contributed by atoms with Gasteiger partial charge in [-0.15, -0.1) is 0 Å². The van der Waals surface area contributed by atoms with Crippen LogP contribution >= 0.6 is 0 Å². The summed E-state index contributed by atoms with van der Waals surface area (Å²) in [6, 6.07) is 7.43. The molecule has 0 spiro atoms. The van der Waals surface area contributed by atoms with Gasteiger partial charge in [0.05, 0.1) is 0 Å². The Morgan fingerprint density at radius 3 is 3.07 bits per heavy atom. The summed E-state index contributed by atoms with van der Waals surface area (Å²) in [5.41, 5.74) is 0.992. The third-order valence-electron chi connectivity index (χ3n) is 2.95. The van der Waals surface area contributed by atoms with E-state index in [0.29, 0.717) is 6.04 Å². The quantitative estimate of drug-likeness (QED) is 0.728. The molecule has 0 unspecified atom stereocenters. The molecular formula is C13H17FN. The van der Waals surface area contributed by atoms with Crippen LogP contribution < -0.4 is 4.90 Å². The molecule has 1 nitrogen and oxygen atoms in total. The van der Waals surface area contributed by atoms with Crippen molar-refractivity contribution in [2.75, 3.05) is 4.90 Å². The molecule has 0 aliphatic carbocycles. The second-order valence-electron chi connectivity index (χ2n) is 4.09. The molecule has 1 radical (unpaired) electrons. The van der Waals surface area contributed by atoms with Crippen LogP contribution in [-0.4, -0.2) is 6.04 Å². The molecule has 1 aromatic rings. The highest BCUT2D eigenvalue weighted by Crippen LogP contribution is 2.30. The summed E-state index contributed by atoms with van der Waals surface area (Å²) in [5, 5.41) is 0. The van der Waals surface area contributed by atoms with Gasteiger partial charge in [0.15, 0.2) is 0 Å². The molecule has 0 N–H and O–H groups in total. The molecule has 1 atom stereocenters.